The van der Waals surface area contributed by atoms with E-state index in [4.69, 9.17) is 26.6 Å². The van der Waals surface area contributed by atoms with Crippen molar-refractivity contribution in [3.63, 3.8) is 0 Å². The second-order valence-corrected chi connectivity index (χ2v) is 4.28. The molecule has 0 saturated carbocycles. The summed E-state index contributed by atoms with van der Waals surface area (Å²) in [6.45, 7) is 1.83. The normalized spacial score (nSPS) is 14.4. The van der Waals surface area contributed by atoms with Gasteiger partial charge in [-0.3, -0.25) is 0 Å². The van der Waals surface area contributed by atoms with Crippen molar-refractivity contribution in [2.45, 2.75) is 19.1 Å². The fourth-order valence-electron chi connectivity index (χ4n) is 1.50. The average molecular weight is 268 g/mol. The van der Waals surface area contributed by atoms with Crippen LogP contribution in [0.4, 0.5) is 0 Å². The Kier molecular flexibility index (Phi) is 3.96. The van der Waals surface area contributed by atoms with Gasteiger partial charge in [0, 0.05) is 12.1 Å². The van der Waals surface area contributed by atoms with E-state index in [1.807, 2.05) is 25.1 Å². The predicted molar refractivity (Wildman–Crippen MR) is 67.2 cm³/mol. The molecule has 0 aliphatic rings. The molecule has 2 aromatic rings. The Morgan fingerprint density at radius 3 is 2.78 bits per heavy atom. The van der Waals surface area contributed by atoms with E-state index in [0.29, 0.717) is 16.7 Å². The Bertz CT molecular complexity index is 530. The Hall–Kier alpha value is -1.43. The summed E-state index contributed by atoms with van der Waals surface area (Å²) in [5.74, 6) is 0.789. The summed E-state index contributed by atoms with van der Waals surface area (Å²) in [5.41, 5.74) is 6.80. The lowest BCUT2D eigenvalue weighted by atomic mass is 10.1. The monoisotopic (exact) mass is 267 g/mol. The zero-order valence-corrected chi connectivity index (χ0v) is 10.9. The van der Waals surface area contributed by atoms with E-state index in [2.05, 4.69) is 10.1 Å². The Morgan fingerprint density at radius 2 is 2.11 bits per heavy atom. The maximum atomic E-state index is 6.07. The van der Waals surface area contributed by atoms with Crippen LogP contribution in [0.5, 0.6) is 0 Å². The molecule has 6 heteroatoms. The number of halogens is 1. The van der Waals surface area contributed by atoms with Crippen molar-refractivity contribution < 1.29 is 9.26 Å². The van der Waals surface area contributed by atoms with Crippen molar-refractivity contribution in [2.24, 2.45) is 5.73 Å². The molecule has 0 saturated heterocycles. The molecular formula is C12H14ClN3O2. The first kappa shape index (κ1) is 13.0. The molecule has 1 heterocycles. The van der Waals surface area contributed by atoms with Gasteiger partial charge in [-0.1, -0.05) is 35.0 Å². The van der Waals surface area contributed by atoms with Gasteiger partial charge in [-0.05, 0) is 18.6 Å². The van der Waals surface area contributed by atoms with Crippen molar-refractivity contribution in [2.75, 3.05) is 7.11 Å². The summed E-state index contributed by atoms with van der Waals surface area (Å²) in [7, 11) is 1.58. The molecule has 1 aromatic carbocycles. The summed E-state index contributed by atoms with van der Waals surface area (Å²) in [5, 5.41) is 4.40. The summed E-state index contributed by atoms with van der Waals surface area (Å²) in [6, 6.07) is 6.76. The topological polar surface area (TPSA) is 74.2 Å². The zero-order valence-electron chi connectivity index (χ0n) is 10.1. The van der Waals surface area contributed by atoms with E-state index < -0.39 is 6.04 Å². The third kappa shape index (κ3) is 2.53. The molecule has 0 bridgehead atoms. The Morgan fingerprint density at radius 1 is 1.39 bits per heavy atom. The van der Waals surface area contributed by atoms with Gasteiger partial charge in [0.2, 0.25) is 5.89 Å². The van der Waals surface area contributed by atoms with Crippen LogP contribution in [-0.2, 0) is 4.74 Å². The highest BCUT2D eigenvalue weighted by atomic mass is 35.5. The minimum absolute atomic E-state index is 0.235. The first-order valence-electron chi connectivity index (χ1n) is 5.49. The number of ether oxygens (including phenoxy) is 1. The van der Waals surface area contributed by atoms with Gasteiger partial charge < -0.3 is 15.0 Å². The van der Waals surface area contributed by atoms with Gasteiger partial charge >= 0.3 is 0 Å². The van der Waals surface area contributed by atoms with Crippen molar-refractivity contribution in [1.29, 1.82) is 0 Å². The molecule has 0 radical (unpaired) electrons. The first-order valence-corrected chi connectivity index (χ1v) is 5.87. The van der Waals surface area contributed by atoms with Gasteiger partial charge in [-0.25, -0.2) is 0 Å². The molecule has 0 spiro atoms. The van der Waals surface area contributed by atoms with Crippen LogP contribution in [-0.4, -0.2) is 17.3 Å². The number of rotatable bonds is 4. The molecule has 1 aromatic heterocycles. The van der Waals surface area contributed by atoms with Crippen LogP contribution in [0.25, 0.3) is 0 Å². The van der Waals surface area contributed by atoms with Gasteiger partial charge in [-0.2, -0.15) is 4.98 Å². The van der Waals surface area contributed by atoms with E-state index >= 15 is 0 Å². The number of benzene rings is 1. The van der Waals surface area contributed by atoms with E-state index in [1.54, 1.807) is 13.2 Å². The minimum atomic E-state index is -0.538. The predicted octanol–water partition coefficient (Wildman–Crippen LogP) is 2.48. The smallest absolute Gasteiger partial charge is 0.248 e. The van der Waals surface area contributed by atoms with Crippen molar-refractivity contribution in [3.05, 3.63) is 46.6 Å². The maximum Gasteiger partial charge on any atom is 0.248 e. The van der Waals surface area contributed by atoms with Crippen LogP contribution in [0.15, 0.2) is 28.8 Å². The van der Waals surface area contributed by atoms with Crippen LogP contribution in [0.3, 0.4) is 0 Å². The highest BCUT2D eigenvalue weighted by Gasteiger charge is 2.20. The lowest BCUT2D eigenvalue weighted by Gasteiger charge is -2.08. The molecule has 1 unspecified atom stereocenters. The highest BCUT2D eigenvalue weighted by molar-refractivity contribution is 6.31. The van der Waals surface area contributed by atoms with Crippen molar-refractivity contribution >= 4 is 11.6 Å². The van der Waals surface area contributed by atoms with Gasteiger partial charge in [0.05, 0.1) is 0 Å². The molecule has 18 heavy (non-hydrogen) atoms. The van der Waals surface area contributed by atoms with Crippen LogP contribution >= 0.6 is 11.6 Å². The van der Waals surface area contributed by atoms with E-state index in [0.717, 1.165) is 5.56 Å². The number of aromatic nitrogens is 2. The molecule has 2 N–H and O–H groups in total. The van der Waals surface area contributed by atoms with Crippen molar-refractivity contribution in [1.82, 2.24) is 10.1 Å². The third-order valence-electron chi connectivity index (χ3n) is 2.68. The maximum absolute atomic E-state index is 6.07. The Labute approximate surface area is 110 Å². The summed E-state index contributed by atoms with van der Waals surface area (Å²) in [4.78, 5) is 4.21. The van der Waals surface area contributed by atoms with E-state index in [9.17, 15) is 0 Å². The lowest BCUT2D eigenvalue weighted by Crippen LogP contribution is -2.13. The quantitative estimate of drug-likeness (QED) is 0.921. The summed E-state index contributed by atoms with van der Waals surface area (Å²) >= 11 is 6.07. The molecule has 0 aliphatic heterocycles. The van der Waals surface area contributed by atoms with Gasteiger partial charge in [-0.15, -0.1) is 0 Å². The summed E-state index contributed by atoms with van der Waals surface area (Å²) < 4.78 is 10.2. The van der Waals surface area contributed by atoms with E-state index in [-0.39, 0.29) is 6.10 Å². The third-order valence-corrected chi connectivity index (χ3v) is 3.03. The molecule has 96 valence electrons. The summed E-state index contributed by atoms with van der Waals surface area (Å²) in [6.07, 6.45) is -0.235. The molecule has 5 nitrogen and oxygen atoms in total. The van der Waals surface area contributed by atoms with Crippen LogP contribution in [0.1, 0.15) is 36.3 Å². The van der Waals surface area contributed by atoms with Gasteiger partial charge in [0.25, 0.3) is 0 Å². The number of hydrogen-bond acceptors (Lipinski definition) is 5. The number of nitrogens with zero attached hydrogens (tertiary/aromatic N) is 2. The SMILES string of the molecule is COC(C)c1noc([C@H](N)c2ccccc2Cl)n1. The highest BCUT2D eigenvalue weighted by Crippen LogP contribution is 2.26. The second-order valence-electron chi connectivity index (χ2n) is 3.87. The molecule has 0 fully saturated rings. The van der Waals surface area contributed by atoms with Crippen molar-refractivity contribution in [3.8, 4) is 0 Å². The minimum Gasteiger partial charge on any atom is -0.374 e. The van der Waals surface area contributed by atoms with Gasteiger partial charge in [0.1, 0.15) is 12.1 Å². The van der Waals surface area contributed by atoms with Crippen LogP contribution in [0.2, 0.25) is 5.02 Å². The number of hydrogen-bond donors (Lipinski definition) is 1. The Balaban J connectivity index is 2.27. The molecule has 0 amide bonds. The average Bonchev–Trinajstić information content (AvgIpc) is 2.87. The largest absolute Gasteiger partial charge is 0.374 e. The van der Waals surface area contributed by atoms with Gasteiger partial charge in [0.15, 0.2) is 5.82 Å². The van der Waals surface area contributed by atoms with Crippen LogP contribution < -0.4 is 5.73 Å². The standard InChI is InChI=1S/C12H14ClN3O2/c1-7(17-2)11-15-12(18-16-11)10(14)8-5-3-4-6-9(8)13/h3-7,10H,14H2,1-2H3/t7?,10-/m1/s1. The molecule has 2 atom stereocenters. The molecular weight excluding hydrogens is 254 g/mol. The van der Waals surface area contributed by atoms with E-state index in [1.165, 1.54) is 0 Å². The number of methoxy groups -OCH3 is 1. The second kappa shape index (κ2) is 5.48. The molecule has 2 rings (SSSR count). The first-order chi connectivity index (χ1) is 8.63. The zero-order chi connectivity index (χ0) is 13.1. The number of nitrogens with two attached hydrogens (primary N) is 1. The lowest BCUT2D eigenvalue weighted by molar-refractivity contribution is 0.109. The fourth-order valence-corrected chi connectivity index (χ4v) is 1.76. The molecule has 0 aliphatic carbocycles. The van der Waals surface area contributed by atoms with Crippen LogP contribution in [0, 0.1) is 0 Å². The fraction of sp³-hybridized carbons (Fsp3) is 0.333.